The zero-order valence-electron chi connectivity index (χ0n) is 19.7. The normalized spacial score (nSPS) is 14.2. The van der Waals surface area contributed by atoms with Gasteiger partial charge in [0.2, 0.25) is 5.91 Å². The summed E-state index contributed by atoms with van der Waals surface area (Å²) in [6.45, 7) is 7.43. The Hall–Kier alpha value is -3.35. The third kappa shape index (κ3) is 7.63. The van der Waals surface area contributed by atoms with Gasteiger partial charge in [0, 0.05) is 41.1 Å². The van der Waals surface area contributed by atoms with Crippen LogP contribution in [0.25, 0.3) is 0 Å². The van der Waals surface area contributed by atoms with Crippen LogP contribution in [0.2, 0.25) is 0 Å². The lowest BCUT2D eigenvalue weighted by Crippen LogP contribution is -2.40. The monoisotopic (exact) mass is 450 g/mol. The van der Waals surface area contributed by atoms with Crippen molar-refractivity contribution in [3.8, 4) is 0 Å². The molecule has 3 amide bonds. The molecule has 1 aliphatic rings. The highest BCUT2D eigenvalue weighted by Crippen LogP contribution is 2.17. The molecule has 0 aromatic heterocycles. The van der Waals surface area contributed by atoms with Gasteiger partial charge >= 0.3 is 0 Å². The molecule has 3 N–H and O–H groups in total. The third-order valence-corrected chi connectivity index (χ3v) is 5.38. The molecule has 0 atom stereocenters. The molecule has 1 heterocycles. The molecule has 0 spiro atoms. The lowest BCUT2D eigenvalue weighted by Gasteiger charge is -2.20. The highest BCUT2D eigenvalue weighted by molar-refractivity contribution is 5.98. The minimum Gasteiger partial charge on any atom is -0.376 e. The third-order valence-electron chi connectivity index (χ3n) is 5.38. The summed E-state index contributed by atoms with van der Waals surface area (Å²) >= 11 is 0. The van der Waals surface area contributed by atoms with Crippen molar-refractivity contribution in [1.29, 1.82) is 0 Å². The number of rotatable bonds is 6. The molecule has 1 saturated heterocycles. The highest BCUT2D eigenvalue weighted by atomic mass is 16.2. The fourth-order valence-corrected chi connectivity index (χ4v) is 3.73. The van der Waals surface area contributed by atoms with Gasteiger partial charge in [-0.3, -0.25) is 14.4 Å². The molecule has 2 aromatic carbocycles. The summed E-state index contributed by atoms with van der Waals surface area (Å²) in [7, 11) is 0. The minimum atomic E-state index is -0.304. The number of benzene rings is 2. The van der Waals surface area contributed by atoms with E-state index in [0.717, 1.165) is 31.6 Å². The first-order valence-corrected chi connectivity index (χ1v) is 11.6. The Morgan fingerprint density at radius 2 is 1.52 bits per heavy atom. The van der Waals surface area contributed by atoms with Gasteiger partial charge in [-0.2, -0.15) is 0 Å². The van der Waals surface area contributed by atoms with E-state index in [2.05, 4.69) is 16.0 Å². The van der Waals surface area contributed by atoms with E-state index in [0.29, 0.717) is 16.8 Å². The second-order valence-electron chi connectivity index (χ2n) is 9.47. The fraction of sp³-hybridized carbons (Fsp3) is 0.423. The van der Waals surface area contributed by atoms with Crippen molar-refractivity contribution in [2.24, 2.45) is 0 Å². The number of hydrogen-bond acceptors (Lipinski definition) is 4. The number of hydrogen-bond donors (Lipinski definition) is 3. The van der Waals surface area contributed by atoms with Gasteiger partial charge in [0.1, 0.15) is 0 Å². The number of amides is 3. The molecular weight excluding hydrogens is 416 g/mol. The van der Waals surface area contributed by atoms with Gasteiger partial charge in [-0.15, -0.1) is 0 Å². The maximum absolute atomic E-state index is 12.8. The molecule has 176 valence electrons. The molecular formula is C26H34N4O3. The minimum absolute atomic E-state index is 0.0155. The van der Waals surface area contributed by atoms with E-state index in [4.69, 9.17) is 0 Å². The lowest BCUT2D eigenvalue weighted by molar-refractivity contribution is -0.114. The molecule has 7 nitrogen and oxygen atoms in total. The van der Waals surface area contributed by atoms with E-state index in [1.165, 1.54) is 12.8 Å². The van der Waals surface area contributed by atoms with Gasteiger partial charge < -0.3 is 20.9 Å². The molecule has 0 saturated carbocycles. The van der Waals surface area contributed by atoms with E-state index in [1.54, 1.807) is 48.5 Å². The van der Waals surface area contributed by atoms with Crippen LogP contribution in [-0.4, -0.2) is 47.8 Å². The summed E-state index contributed by atoms with van der Waals surface area (Å²) in [6, 6.07) is 14.1. The average Bonchev–Trinajstić information content (AvgIpc) is 3.06. The van der Waals surface area contributed by atoms with Crippen LogP contribution in [0.15, 0.2) is 48.5 Å². The van der Waals surface area contributed by atoms with Gasteiger partial charge in [0.05, 0.1) is 6.54 Å². The Kier molecular flexibility index (Phi) is 8.09. The Morgan fingerprint density at radius 1 is 0.848 bits per heavy atom. The standard InChI is InChI=1S/C26H34N4O3/c1-26(2,3)29-24(32)19-11-13-21(14-12-19)27-18-23(31)28-22-10-8-9-20(17-22)25(33)30-15-6-4-5-7-16-30/h8-14,17,27H,4-7,15-16,18H2,1-3H3,(H,28,31)(H,29,32). The molecule has 1 aliphatic heterocycles. The Labute approximate surface area is 195 Å². The van der Waals surface area contributed by atoms with Gasteiger partial charge in [-0.1, -0.05) is 18.9 Å². The summed E-state index contributed by atoms with van der Waals surface area (Å²) in [5, 5.41) is 8.82. The smallest absolute Gasteiger partial charge is 0.253 e. The van der Waals surface area contributed by atoms with Crippen LogP contribution in [-0.2, 0) is 4.79 Å². The van der Waals surface area contributed by atoms with Gasteiger partial charge in [0.15, 0.2) is 0 Å². The number of anilines is 2. The predicted octanol–water partition coefficient (Wildman–Crippen LogP) is 4.28. The number of carbonyl (C=O) groups excluding carboxylic acids is 3. The van der Waals surface area contributed by atoms with Crippen LogP contribution in [0.4, 0.5) is 11.4 Å². The molecule has 3 rings (SSSR count). The van der Waals surface area contributed by atoms with Crippen LogP contribution in [0.5, 0.6) is 0 Å². The van der Waals surface area contributed by atoms with Gasteiger partial charge in [0.25, 0.3) is 11.8 Å². The maximum atomic E-state index is 12.8. The van der Waals surface area contributed by atoms with Crippen molar-refractivity contribution in [2.45, 2.75) is 52.0 Å². The van der Waals surface area contributed by atoms with Crippen molar-refractivity contribution >= 4 is 29.1 Å². The quantitative estimate of drug-likeness (QED) is 0.613. The van der Waals surface area contributed by atoms with E-state index in [1.807, 2.05) is 25.7 Å². The summed E-state index contributed by atoms with van der Waals surface area (Å²) in [5.74, 6) is -0.341. The molecule has 1 fully saturated rings. The molecule has 0 radical (unpaired) electrons. The van der Waals surface area contributed by atoms with Crippen molar-refractivity contribution in [1.82, 2.24) is 10.2 Å². The van der Waals surface area contributed by atoms with Crippen molar-refractivity contribution in [2.75, 3.05) is 30.3 Å². The first-order chi connectivity index (χ1) is 15.7. The second kappa shape index (κ2) is 11.0. The summed E-state index contributed by atoms with van der Waals surface area (Å²) < 4.78 is 0. The van der Waals surface area contributed by atoms with Crippen LogP contribution in [0, 0.1) is 0 Å². The molecule has 0 aliphatic carbocycles. The molecule has 2 aromatic rings. The van der Waals surface area contributed by atoms with E-state index in [-0.39, 0.29) is 29.8 Å². The second-order valence-corrected chi connectivity index (χ2v) is 9.47. The predicted molar refractivity (Wildman–Crippen MR) is 132 cm³/mol. The van der Waals surface area contributed by atoms with Crippen LogP contribution in [0.3, 0.4) is 0 Å². The number of carbonyl (C=O) groups is 3. The lowest BCUT2D eigenvalue weighted by atomic mass is 10.1. The SMILES string of the molecule is CC(C)(C)NC(=O)c1ccc(NCC(=O)Nc2cccc(C(=O)N3CCCCCC3)c2)cc1. The summed E-state index contributed by atoms with van der Waals surface area (Å²) in [5.41, 5.74) is 2.18. The molecule has 33 heavy (non-hydrogen) atoms. The van der Waals surface area contributed by atoms with Crippen LogP contribution < -0.4 is 16.0 Å². The molecule has 0 unspecified atom stereocenters. The largest absolute Gasteiger partial charge is 0.376 e. The highest BCUT2D eigenvalue weighted by Gasteiger charge is 2.18. The summed E-state index contributed by atoms with van der Waals surface area (Å²) in [4.78, 5) is 39.4. The van der Waals surface area contributed by atoms with Gasteiger partial charge in [-0.05, 0) is 76.1 Å². The topological polar surface area (TPSA) is 90.5 Å². The fourth-order valence-electron chi connectivity index (χ4n) is 3.73. The molecule has 7 heteroatoms. The van der Waals surface area contributed by atoms with E-state index >= 15 is 0 Å². The first-order valence-electron chi connectivity index (χ1n) is 11.6. The van der Waals surface area contributed by atoms with Gasteiger partial charge in [-0.25, -0.2) is 0 Å². The Balaban J connectivity index is 1.52. The Morgan fingerprint density at radius 3 is 2.15 bits per heavy atom. The number of nitrogens with zero attached hydrogens (tertiary/aromatic N) is 1. The summed E-state index contributed by atoms with van der Waals surface area (Å²) in [6.07, 6.45) is 4.41. The Bertz CT molecular complexity index is 972. The van der Waals surface area contributed by atoms with E-state index in [9.17, 15) is 14.4 Å². The first kappa shape index (κ1) is 24.3. The number of nitrogens with one attached hydrogen (secondary N) is 3. The number of likely N-dealkylation sites (tertiary alicyclic amines) is 1. The van der Waals surface area contributed by atoms with Crippen molar-refractivity contribution < 1.29 is 14.4 Å². The van der Waals surface area contributed by atoms with Crippen molar-refractivity contribution in [3.05, 3.63) is 59.7 Å². The maximum Gasteiger partial charge on any atom is 0.253 e. The van der Waals surface area contributed by atoms with E-state index < -0.39 is 0 Å². The van der Waals surface area contributed by atoms with Crippen LogP contribution in [0.1, 0.15) is 67.2 Å². The molecule has 0 bridgehead atoms. The zero-order chi connectivity index (χ0) is 23.8. The van der Waals surface area contributed by atoms with Crippen LogP contribution >= 0.6 is 0 Å². The zero-order valence-corrected chi connectivity index (χ0v) is 19.7. The van der Waals surface area contributed by atoms with Crippen molar-refractivity contribution in [3.63, 3.8) is 0 Å². The average molecular weight is 451 g/mol.